The predicted molar refractivity (Wildman–Crippen MR) is 97.4 cm³/mol. The fourth-order valence-corrected chi connectivity index (χ4v) is 3.55. The molecular weight excluding hydrogens is 392 g/mol. The Hall–Kier alpha value is -2.27. The largest absolute Gasteiger partial charge is 1.00 e. The molecule has 0 N–H and O–H groups in total. The van der Waals surface area contributed by atoms with Crippen LogP contribution < -0.4 is 31.0 Å². The lowest BCUT2D eigenvalue weighted by Gasteiger charge is -2.11. The Morgan fingerprint density at radius 1 is 0.846 bits per heavy atom. The number of fused-ring (bicyclic) bond motifs is 1. The molecular formula is C21H23BrN2O2. The number of halogens is 1. The Morgan fingerprint density at radius 2 is 1.46 bits per heavy atom. The van der Waals surface area contributed by atoms with E-state index in [0.29, 0.717) is 0 Å². The first kappa shape index (κ1) is 18.5. The zero-order valence-corrected chi connectivity index (χ0v) is 16.7. The van der Waals surface area contributed by atoms with E-state index in [0.717, 1.165) is 24.5 Å². The second-order valence-electron chi connectivity index (χ2n) is 6.34. The first-order valence-electron chi connectivity index (χ1n) is 8.73. The molecule has 0 atom stereocenters. The van der Waals surface area contributed by atoms with Gasteiger partial charge < -0.3 is 26.5 Å². The third-order valence-corrected chi connectivity index (χ3v) is 4.90. The molecule has 2 heterocycles. The summed E-state index contributed by atoms with van der Waals surface area (Å²) in [6, 6.07) is 16.6. The van der Waals surface area contributed by atoms with Crippen molar-refractivity contribution < 1.29 is 31.0 Å². The molecule has 0 fully saturated rings. The molecule has 0 spiro atoms. The Bertz CT molecular complexity index is 798. The van der Waals surface area contributed by atoms with Gasteiger partial charge in [0.15, 0.2) is 5.69 Å². The number of nitrogens with zero attached hydrogens (tertiary/aromatic N) is 2. The first-order chi connectivity index (χ1) is 12.3. The minimum absolute atomic E-state index is 0. The summed E-state index contributed by atoms with van der Waals surface area (Å²) in [6.45, 7) is 1.07. The molecule has 1 aromatic heterocycles. The highest BCUT2D eigenvalue weighted by molar-refractivity contribution is 5.58. The molecule has 0 bridgehead atoms. The van der Waals surface area contributed by atoms with Crippen LogP contribution in [0.15, 0.2) is 54.7 Å². The van der Waals surface area contributed by atoms with Gasteiger partial charge in [-0.2, -0.15) is 4.57 Å². The number of aromatic nitrogens is 2. The quantitative estimate of drug-likeness (QED) is 0.590. The van der Waals surface area contributed by atoms with Crippen molar-refractivity contribution >= 4 is 0 Å². The maximum Gasteiger partial charge on any atom is 0.262 e. The van der Waals surface area contributed by atoms with Crippen LogP contribution >= 0.6 is 0 Å². The van der Waals surface area contributed by atoms with Crippen LogP contribution in [0.2, 0.25) is 0 Å². The fraction of sp³-hybridized carbons (Fsp3) is 0.286. The van der Waals surface area contributed by atoms with E-state index in [1.807, 2.05) is 24.3 Å². The van der Waals surface area contributed by atoms with Crippen LogP contribution in [0.25, 0.3) is 16.9 Å². The van der Waals surface area contributed by atoms with Gasteiger partial charge in [0.05, 0.1) is 20.8 Å². The third-order valence-electron chi connectivity index (χ3n) is 4.90. The van der Waals surface area contributed by atoms with Gasteiger partial charge in [0.25, 0.3) is 5.82 Å². The molecule has 1 aliphatic heterocycles. The van der Waals surface area contributed by atoms with Crippen LogP contribution in [0.4, 0.5) is 0 Å². The number of rotatable bonds is 4. The van der Waals surface area contributed by atoms with Crippen molar-refractivity contribution in [2.75, 3.05) is 14.2 Å². The highest BCUT2D eigenvalue weighted by Crippen LogP contribution is 2.26. The van der Waals surface area contributed by atoms with E-state index in [-0.39, 0.29) is 17.0 Å². The Kier molecular flexibility index (Phi) is 5.67. The lowest BCUT2D eigenvalue weighted by molar-refractivity contribution is -0.698. The van der Waals surface area contributed by atoms with Gasteiger partial charge in [-0.25, -0.2) is 4.57 Å². The highest BCUT2D eigenvalue weighted by atomic mass is 79.9. The topological polar surface area (TPSA) is 27.3 Å². The summed E-state index contributed by atoms with van der Waals surface area (Å²) in [5.41, 5.74) is 3.65. The van der Waals surface area contributed by atoms with Crippen molar-refractivity contribution in [1.82, 2.24) is 4.57 Å². The summed E-state index contributed by atoms with van der Waals surface area (Å²) in [6.07, 6.45) is 5.82. The van der Waals surface area contributed by atoms with Crippen molar-refractivity contribution in [3.63, 3.8) is 0 Å². The summed E-state index contributed by atoms with van der Waals surface area (Å²) in [5.74, 6) is 3.13. The van der Waals surface area contributed by atoms with E-state index in [9.17, 15) is 0 Å². The third kappa shape index (κ3) is 3.36. The molecule has 0 radical (unpaired) electrons. The van der Waals surface area contributed by atoms with Crippen LogP contribution in [0.1, 0.15) is 18.7 Å². The fourth-order valence-electron chi connectivity index (χ4n) is 3.55. The van der Waals surface area contributed by atoms with E-state index in [1.54, 1.807) is 14.2 Å². The molecule has 0 aliphatic carbocycles. The molecule has 4 nitrogen and oxygen atoms in total. The number of hydrogen-bond acceptors (Lipinski definition) is 2. The predicted octanol–water partition coefficient (Wildman–Crippen LogP) is 0.789. The molecule has 0 saturated heterocycles. The van der Waals surface area contributed by atoms with Crippen LogP contribution in [0.3, 0.4) is 0 Å². The monoisotopic (exact) mass is 414 g/mol. The van der Waals surface area contributed by atoms with Gasteiger partial charge in [0.2, 0.25) is 0 Å². The molecule has 136 valence electrons. The normalized spacial score (nSPS) is 12.8. The number of hydrogen-bond donors (Lipinski definition) is 0. The van der Waals surface area contributed by atoms with Crippen molar-refractivity contribution in [2.24, 2.45) is 0 Å². The van der Waals surface area contributed by atoms with Crippen molar-refractivity contribution in [3.05, 3.63) is 60.6 Å². The number of methoxy groups -OCH3 is 2. The van der Waals surface area contributed by atoms with Crippen LogP contribution in [0, 0.1) is 0 Å². The number of imidazole rings is 1. The van der Waals surface area contributed by atoms with Gasteiger partial charge in [-0.3, -0.25) is 0 Å². The Balaban J connectivity index is 0.00000196. The average molecular weight is 415 g/mol. The van der Waals surface area contributed by atoms with Gasteiger partial charge in [-0.05, 0) is 61.4 Å². The standard InChI is InChI=1S/C21H23N2O2.BrH/c1-24-18-10-6-16(7-11-18)20-15-23(21-5-3-4-14-22(20)21)17-8-12-19(25-2)13-9-17;/h6-13,15H,3-5,14H2,1-2H3;1H/q+1;/p-1. The van der Waals surface area contributed by atoms with E-state index in [2.05, 4.69) is 39.6 Å². The minimum Gasteiger partial charge on any atom is -1.00 e. The van der Waals surface area contributed by atoms with E-state index in [1.165, 1.54) is 35.6 Å². The highest BCUT2D eigenvalue weighted by Gasteiger charge is 2.27. The van der Waals surface area contributed by atoms with Gasteiger partial charge in [0, 0.05) is 12.0 Å². The van der Waals surface area contributed by atoms with E-state index >= 15 is 0 Å². The molecule has 0 saturated carbocycles. The lowest BCUT2D eigenvalue weighted by atomic mass is 10.1. The molecule has 26 heavy (non-hydrogen) atoms. The molecule has 3 aromatic rings. The molecule has 1 aliphatic rings. The molecule has 5 heteroatoms. The van der Waals surface area contributed by atoms with Crippen LogP contribution in [-0.2, 0) is 13.0 Å². The summed E-state index contributed by atoms with van der Waals surface area (Å²) in [5, 5.41) is 0. The summed E-state index contributed by atoms with van der Waals surface area (Å²) >= 11 is 0. The smallest absolute Gasteiger partial charge is 0.262 e. The number of benzene rings is 2. The Morgan fingerprint density at radius 3 is 2.08 bits per heavy atom. The van der Waals surface area contributed by atoms with Crippen molar-refractivity contribution in [2.45, 2.75) is 25.8 Å². The molecule has 0 unspecified atom stereocenters. The Labute approximate surface area is 164 Å². The summed E-state index contributed by atoms with van der Waals surface area (Å²) in [4.78, 5) is 0. The van der Waals surface area contributed by atoms with E-state index in [4.69, 9.17) is 9.47 Å². The number of ether oxygens (including phenoxy) is 2. The van der Waals surface area contributed by atoms with Gasteiger partial charge in [0.1, 0.15) is 23.4 Å². The second kappa shape index (κ2) is 7.96. The maximum atomic E-state index is 5.29. The maximum absolute atomic E-state index is 5.29. The van der Waals surface area contributed by atoms with Gasteiger partial charge in [-0.1, -0.05) is 0 Å². The van der Waals surface area contributed by atoms with Gasteiger partial charge >= 0.3 is 0 Å². The average Bonchev–Trinajstić information content (AvgIpc) is 3.08. The van der Waals surface area contributed by atoms with Crippen LogP contribution in [0.5, 0.6) is 11.5 Å². The lowest BCUT2D eigenvalue weighted by Crippen LogP contribution is -3.00. The van der Waals surface area contributed by atoms with Crippen molar-refractivity contribution in [3.8, 4) is 28.4 Å². The van der Waals surface area contributed by atoms with Crippen molar-refractivity contribution in [1.29, 1.82) is 0 Å². The van der Waals surface area contributed by atoms with E-state index < -0.39 is 0 Å². The van der Waals surface area contributed by atoms with Gasteiger partial charge in [-0.15, -0.1) is 0 Å². The molecule has 4 rings (SSSR count). The molecule has 2 aromatic carbocycles. The van der Waals surface area contributed by atoms with Crippen LogP contribution in [-0.4, -0.2) is 18.8 Å². The second-order valence-corrected chi connectivity index (χ2v) is 6.34. The minimum atomic E-state index is 0. The SMILES string of the molecule is COc1ccc(-c2cn(-c3ccc(OC)cc3)c3[n+]2CCCC3)cc1.[Br-]. The first-order valence-corrected chi connectivity index (χ1v) is 8.73. The summed E-state index contributed by atoms with van der Waals surface area (Å²) < 4.78 is 15.3. The zero-order chi connectivity index (χ0) is 17.2. The molecule has 0 amide bonds. The zero-order valence-electron chi connectivity index (χ0n) is 15.1. The summed E-state index contributed by atoms with van der Waals surface area (Å²) in [7, 11) is 3.40.